The summed E-state index contributed by atoms with van der Waals surface area (Å²) >= 11 is 5.76. The van der Waals surface area contributed by atoms with Crippen LogP contribution in [0.4, 0.5) is 4.39 Å². The Morgan fingerprint density at radius 3 is 2.59 bits per heavy atom. The predicted octanol–water partition coefficient (Wildman–Crippen LogP) is 4.50. The molecule has 0 heterocycles. The number of hydrogen-bond acceptors (Lipinski definition) is 1. The molecule has 0 saturated heterocycles. The molecule has 90 valence electrons. The fraction of sp³-hybridized carbons (Fsp3) is 0.500. The first-order valence-corrected chi connectivity index (χ1v) is 6.38. The Labute approximate surface area is 106 Å². The van der Waals surface area contributed by atoms with E-state index in [0.29, 0.717) is 6.42 Å². The second-order valence-corrected chi connectivity index (χ2v) is 5.29. The van der Waals surface area contributed by atoms with E-state index in [0.717, 1.165) is 31.2 Å². The van der Waals surface area contributed by atoms with Crippen LogP contribution >= 0.6 is 11.6 Å². The molecule has 1 saturated carbocycles. The first-order chi connectivity index (χ1) is 8.15. The van der Waals surface area contributed by atoms with Crippen molar-refractivity contribution < 1.29 is 4.39 Å². The van der Waals surface area contributed by atoms with Crippen LogP contribution in [-0.4, -0.2) is 0 Å². The lowest BCUT2D eigenvalue weighted by Gasteiger charge is -2.30. The standard InChI is InChI=1S/C14H15ClFN/c15-12-8-11(4-5-13(12)16)9-14(10-17)6-2-1-3-7-14/h4-5,8H,1-3,6-7,9H2. The van der Waals surface area contributed by atoms with Crippen LogP contribution in [0.5, 0.6) is 0 Å². The lowest BCUT2D eigenvalue weighted by molar-refractivity contribution is 0.266. The van der Waals surface area contributed by atoms with Gasteiger partial charge in [0.05, 0.1) is 16.5 Å². The van der Waals surface area contributed by atoms with Crippen molar-refractivity contribution in [2.45, 2.75) is 38.5 Å². The van der Waals surface area contributed by atoms with E-state index < -0.39 is 5.82 Å². The van der Waals surface area contributed by atoms with Crippen molar-refractivity contribution >= 4 is 11.6 Å². The van der Waals surface area contributed by atoms with Gasteiger partial charge in [0.1, 0.15) is 5.82 Å². The zero-order valence-electron chi connectivity index (χ0n) is 9.68. The number of hydrogen-bond donors (Lipinski definition) is 0. The van der Waals surface area contributed by atoms with Crippen molar-refractivity contribution in [3.8, 4) is 6.07 Å². The van der Waals surface area contributed by atoms with Crippen molar-refractivity contribution in [1.29, 1.82) is 5.26 Å². The summed E-state index contributed by atoms with van der Waals surface area (Å²) in [7, 11) is 0. The van der Waals surface area contributed by atoms with Gasteiger partial charge in [0.15, 0.2) is 0 Å². The first kappa shape index (κ1) is 12.4. The van der Waals surface area contributed by atoms with Gasteiger partial charge in [-0.1, -0.05) is 36.9 Å². The molecule has 0 N–H and O–H groups in total. The minimum absolute atomic E-state index is 0.145. The summed E-state index contributed by atoms with van der Waals surface area (Å²) in [6.07, 6.45) is 6.01. The van der Waals surface area contributed by atoms with Crippen molar-refractivity contribution in [3.63, 3.8) is 0 Å². The molecule has 1 aromatic rings. The zero-order valence-corrected chi connectivity index (χ0v) is 10.4. The lowest BCUT2D eigenvalue weighted by atomic mass is 9.71. The zero-order chi connectivity index (χ0) is 12.3. The normalized spacial score (nSPS) is 18.6. The van der Waals surface area contributed by atoms with Gasteiger partial charge in [-0.15, -0.1) is 0 Å². The summed E-state index contributed by atoms with van der Waals surface area (Å²) in [6, 6.07) is 7.22. The average molecular weight is 252 g/mol. The molecule has 1 aliphatic carbocycles. The second-order valence-electron chi connectivity index (χ2n) is 4.88. The SMILES string of the molecule is N#CC1(Cc2ccc(F)c(Cl)c2)CCCCC1. The van der Waals surface area contributed by atoms with E-state index in [1.807, 2.05) is 0 Å². The van der Waals surface area contributed by atoms with Gasteiger partial charge in [0, 0.05) is 0 Å². The highest BCUT2D eigenvalue weighted by Crippen LogP contribution is 2.39. The van der Waals surface area contributed by atoms with Gasteiger partial charge in [-0.2, -0.15) is 5.26 Å². The van der Waals surface area contributed by atoms with Crippen LogP contribution in [0, 0.1) is 22.6 Å². The Morgan fingerprint density at radius 1 is 1.29 bits per heavy atom. The summed E-state index contributed by atoms with van der Waals surface area (Å²) in [6.45, 7) is 0. The minimum atomic E-state index is -0.398. The molecule has 1 aliphatic rings. The highest BCUT2D eigenvalue weighted by Gasteiger charge is 2.32. The van der Waals surface area contributed by atoms with Crippen LogP contribution in [0.2, 0.25) is 5.02 Å². The van der Waals surface area contributed by atoms with Crippen LogP contribution in [0.1, 0.15) is 37.7 Å². The molecule has 0 amide bonds. The van der Waals surface area contributed by atoms with Crippen LogP contribution in [0.25, 0.3) is 0 Å². The summed E-state index contributed by atoms with van der Waals surface area (Å²) in [5.74, 6) is -0.398. The molecule has 17 heavy (non-hydrogen) atoms. The Balaban J connectivity index is 2.18. The average Bonchev–Trinajstić information content (AvgIpc) is 2.35. The van der Waals surface area contributed by atoms with Gasteiger partial charge in [-0.25, -0.2) is 4.39 Å². The van der Waals surface area contributed by atoms with E-state index in [-0.39, 0.29) is 10.4 Å². The number of benzene rings is 1. The quantitative estimate of drug-likeness (QED) is 0.759. The van der Waals surface area contributed by atoms with Crippen molar-refractivity contribution in [2.75, 3.05) is 0 Å². The van der Waals surface area contributed by atoms with Gasteiger partial charge >= 0.3 is 0 Å². The highest BCUT2D eigenvalue weighted by molar-refractivity contribution is 6.30. The van der Waals surface area contributed by atoms with Crippen molar-refractivity contribution in [1.82, 2.24) is 0 Å². The maximum Gasteiger partial charge on any atom is 0.141 e. The minimum Gasteiger partial charge on any atom is -0.205 e. The molecule has 0 bridgehead atoms. The van der Waals surface area contributed by atoms with Gasteiger partial charge in [0.2, 0.25) is 0 Å². The number of halogens is 2. The molecule has 1 nitrogen and oxygen atoms in total. The van der Waals surface area contributed by atoms with Gasteiger partial charge in [-0.05, 0) is 37.0 Å². The number of rotatable bonds is 2. The van der Waals surface area contributed by atoms with Crippen LogP contribution < -0.4 is 0 Å². The monoisotopic (exact) mass is 251 g/mol. The number of nitrogens with zero attached hydrogens (tertiary/aromatic N) is 1. The Morgan fingerprint density at radius 2 is 2.00 bits per heavy atom. The smallest absolute Gasteiger partial charge is 0.141 e. The Hall–Kier alpha value is -1.07. The van der Waals surface area contributed by atoms with E-state index in [9.17, 15) is 9.65 Å². The molecule has 0 aliphatic heterocycles. The summed E-state index contributed by atoms with van der Waals surface area (Å²) in [5.41, 5.74) is 0.694. The Bertz CT molecular complexity index is 444. The molecular weight excluding hydrogens is 237 g/mol. The van der Waals surface area contributed by atoms with E-state index in [1.165, 1.54) is 12.5 Å². The third kappa shape index (κ3) is 2.79. The van der Waals surface area contributed by atoms with E-state index in [4.69, 9.17) is 11.6 Å². The topological polar surface area (TPSA) is 23.8 Å². The molecular formula is C14H15ClFN. The molecule has 3 heteroatoms. The molecule has 0 radical (unpaired) electrons. The first-order valence-electron chi connectivity index (χ1n) is 6.00. The summed E-state index contributed by atoms with van der Waals surface area (Å²) in [4.78, 5) is 0. The maximum absolute atomic E-state index is 13.1. The molecule has 0 unspecified atom stereocenters. The molecule has 0 atom stereocenters. The largest absolute Gasteiger partial charge is 0.205 e. The summed E-state index contributed by atoms with van der Waals surface area (Å²) in [5, 5.41) is 9.51. The Kier molecular flexibility index (Phi) is 3.69. The third-order valence-corrected chi connectivity index (χ3v) is 3.86. The van der Waals surface area contributed by atoms with Crippen molar-refractivity contribution in [2.24, 2.45) is 5.41 Å². The molecule has 0 aromatic heterocycles. The number of nitriles is 1. The van der Waals surface area contributed by atoms with E-state index in [2.05, 4.69) is 6.07 Å². The highest BCUT2D eigenvalue weighted by atomic mass is 35.5. The maximum atomic E-state index is 13.1. The summed E-state index contributed by atoms with van der Waals surface area (Å²) < 4.78 is 13.1. The fourth-order valence-corrected chi connectivity index (χ4v) is 2.80. The third-order valence-electron chi connectivity index (χ3n) is 3.57. The van der Waals surface area contributed by atoms with Crippen LogP contribution in [0.3, 0.4) is 0 Å². The predicted molar refractivity (Wildman–Crippen MR) is 66.2 cm³/mol. The molecule has 1 fully saturated rings. The van der Waals surface area contributed by atoms with Crippen LogP contribution in [0.15, 0.2) is 18.2 Å². The molecule has 1 aromatic carbocycles. The fourth-order valence-electron chi connectivity index (χ4n) is 2.60. The van der Waals surface area contributed by atoms with Gasteiger partial charge in [-0.3, -0.25) is 0 Å². The van der Waals surface area contributed by atoms with E-state index >= 15 is 0 Å². The molecule has 0 spiro atoms. The second kappa shape index (κ2) is 5.06. The lowest BCUT2D eigenvalue weighted by Crippen LogP contribution is -2.24. The molecule has 2 rings (SSSR count). The van der Waals surface area contributed by atoms with E-state index in [1.54, 1.807) is 12.1 Å². The van der Waals surface area contributed by atoms with Gasteiger partial charge in [0.25, 0.3) is 0 Å². The van der Waals surface area contributed by atoms with Crippen molar-refractivity contribution in [3.05, 3.63) is 34.6 Å². The van der Waals surface area contributed by atoms with Crippen LogP contribution in [-0.2, 0) is 6.42 Å². The van der Waals surface area contributed by atoms with Gasteiger partial charge < -0.3 is 0 Å².